The van der Waals surface area contributed by atoms with E-state index in [2.05, 4.69) is 22.0 Å². The van der Waals surface area contributed by atoms with Crippen LogP contribution >= 0.6 is 15.9 Å². The first-order valence-electron chi connectivity index (χ1n) is 9.02. The minimum Gasteiger partial charge on any atom is -0.493 e. The van der Waals surface area contributed by atoms with E-state index in [-0.39, 0.29) is 18.1 Å². The van der Waals surface area contributed by atoms with Gasteiger partial charge >= 0.3 is 0 Å². The van der Waals surface area contributed by atoms with Gasteiger partial charge in [-0.15, -0.1) is 0 Å². The summed E-state index contributed by atoms with van der Waals surface area (Å²) in [7, 11) is 1.49. The number of rotatable bonds is 7. The van der Waals surface area contributed by atoms with Crippen LogP contribution in [-0.4, -0.2) is 12.0 Å². The molecule has 0 N–H and O–H groups in total. The summed E-state index contributed by atoms with van der Waals surface area (Å²) < 4.78 is 25.0. The standard InChI is InChI=1S/C23H16BrFN2O4/c1-30-22-11-17(10-18(13-26)16-5-7-19(25)8-6-16)21(24)12-23(22)31-14-15-3-2-4-20(9-15)27(28)29/h2-12H,14H2,1H3/b18-10+. The van der Waals surface area contributed by atoms with Crippen LogP contribution in [0.3, 0.4) is 0 Å². The Morgan fingerprint density at radius 2 is 1.94 bits per heavy atom. The fourth-order valence-corrected chi connectivity index (χ4v) is 3.26. The van der Waals surface area contributed by atoms with Crippen LogP contribution in [-0.2, 0) is 6.61 Å². The fourth-order valence-electron chi connectivity index (χ4n) is 2.82. The molecule has 6 nitrogen and oxygen atoms in total. The highest BCUT2D eigenvalue weighted by Gasteiger charge is 2.12. The van der Waals surface area contributed by atoms with Crippen molar-refractivity contribution in [1.82, 2.24) is 0 Å². The zero-order valence-electron chi connectivity index (χ0n) is 16.3. The van der Waals surface area contributed by atoms with Crippen LogP contribution < -0.4 is 9.47 Å². The predicted octanol–water partition coefficient (Wildman–Crippen LogP) is 6.15. The van der Waals surface area contributed by atoms with Crippen LogP contribution in [0.5, 0.6) is 11.5 Å². The summed E-state index contributed by atoms with van der Waals surface area (Å²) in [5, 5.41) is 20.5. The molecule has 3 rings (SSSR count). The van der Waals surface area contributed by atoms with Crippen molar-refractivity contribution in [1.29, 1.82) is 5.26 Å². The maximum Gasteiger partial charge on any atom is 0.269 e. The summed E-state index contributed by atoms with van der Waals surface area (Å²) in [5.74, 6) is 0.476. The second-order valence-electron chi connectivity index (χ2n) is 6.42. The van der Waals surface area contributed by atoms with Gasteiger partial charge < -0.3 is 9.47 Å². The van der Waals surface area contributed by atoms with E-state index in [1.54, 1.807) is 30.3 Å². The monoisotopic (exact) mass is 482 g/mol. The summed E-state index contributed by atoms with van der Waals surface area (Å²) >= 11 is 3.47. The van der Waals surface area contributed by atoms with E-state index < -0.39 is 4.92 Å². The summed E-state index contributed by atoms with van der Waals surface area (Å²) in [5.41, 5.74) is 2.23. The van der Waals surface area contributed by atoms with Crippen molar-refractivity contribution < 1.29 is 18.8 Å². The van der Waals surface area contributed by atoms with E-state index >= 15 is 0 Å². The molecule has 3 aromatic rings. The Morgan fingerprint density at radius 1 is 1.19 bits per heavy atom. The largest absolute Gasteiger partial charge is 0.493 e. The molecule has 0 spiro atoms. The third-order valence-corrected chi connectivity index (χ3v) is 5.06. The number of hydrogen-bond donors (Lipinski definition) is 0. The molecule has 3 aromatic carbocycles. The number of nitriles is 1. The lowest BCUT2D eigenvalue weighted by molar-refractivity contribution is -0.384. The molecule has 31 heavy (non-hydrogen) atoms. The van der Waals surface area contributed by atoms with Gasteiger partial charge in [-0.05, 0) is 47.0 Å². The second kappa shape index (κ2) is 9.87. The molecule has 0 atom stereocenters. The van der Waals surface area contributed by atoms with E-state index in [0.29, 0.717) is 38.2 Å². The van der Waals surface area contributed by atoms with Gasteiger partial charge in [0.1, 0.15) is 12.4 Å². The molecule has 0 heterocycles. The lowest BCUT2D eigenvalue weighted by Gasteiger charge is -2.13. The quantitative estimate of drug-likeness (QED) is 0.174. The molecule has 0 aliphatic rings. The van der Waals surface area contributed by atoms with Crippen molar-refractivity contribution >= 4 is 33.3 Å². The number of halogens is 2. The van der Waals surface area contributed by atoms with Gasteiger partial charge in [0, 0.05) is 16.6 Å². The molecule has 0 saturated carbocycles. The lowest BCUT2D eigenvalue weighted by Crippen LogP contribution is -1.99. The number of benzene rings is 3. The minimum atomic E-state index is -0.463. The van der Waals surface area contributed by atoms with Crippen LogP contribution in [0.2, 0.25) is 0 Å². The molecular formula is C23H16BrFN2O4. The third-order valence-electron chi connectivity index (χ3n) is 4.37. The second-order valence-corrected chi connectivity index (χ2v) is 7.27. The van der Waals surface area contributed by atoms with Crippen LogP contribution in [0.25, 0.3) is 11.6 Å². The van der Waals surface area contributed by atoms with Crippen LogP contribution in [0, 0.1) is 27.3 Å². The highest BCUT2D eigenvalue weighted by atomic mass is 79.9. The first kappa shape index (κ1) is 22.0. The van der Waals surface area contributed by atoms with Crippen molar-refractivity contribution in [3.63, 3.8) is 0 Å². The van der Waals surface area contributed by atoms with Crippen molar-refractivity contribution in [2.45, 2.75) is 6.61 Å². The number of ether oxygens (including phenoxy) is 2. The minimum absolute atomic E-state index is 0.0143. The number of methoxy groups -OCH3 is 1. The molecule has 0 unspecified atom stereocenters. The lowest BCUT2D eigenvalue weighted by atomic mass is 10.0. The Labute approximate surface area is 186 Å². The molecule has 8 heteroatoms. The average Bonchev–Trinajstić information content (AvgIpc) is 2.78. The van der Waals surface area contributed by atoms with Crippen molar-refractivity contribution in [3.8, 4) is 17.6 Å². The van der Waals surface area contributed by atoms with E-state index in [0.717, 1.165) is 0 Å². The van der Waals surface area contributed by atoms with E-state index in [1.165, 1.54) is 43.5 Å². The molecule has 156 valence electrons. The van der Waals surface area contributed by atoms with Gasteiger partial charge in [0.05, 0.1) is 23.7 Å². The van der Waals surface area contributed by atoms with Gasteiger partial charge in [-0.1, -0.05) is 40.2 Å². The number of allylic oxidation sites excluding steroid dienone is 1. The van der Waals surface area contributed by atoms with Gasteiger partial charge in [0.25, 0.3) is 5.69 Å². The van der Waals surface area contributed by atoms with Gasteiger partial charge in [-0.2, -0.15) is 5.26 Å². The number of hydrogen-bond acceptors (Lipinski definition) is 5. The normalized spacial score (nSPS) is 11.0. The Balaban J connectivity index is 1.87. The zero-order chi connectivity index (χ0) is 22.4. The number of nitro benzene ring substituents is 1. The Morgan fingerprint density at radius 3 is 2.58 bits per heavy atom. The SMILES string of the molecule is COc1cc(/C=C(\C#N)c2ccc(F)cc2)c(Br)cc1OCc1cccc([N+](=O)[O-])c1. The Hall–Kier alpha value is -3.70. The molecule has 0 fully saturated rings. The van der Waals surface area contributed by atoms with Crippen molar-refractivity contribution in [2.75, 3.05) is 7.11 Å². The van der Waals surface area contributed by atoms with Gasteiger partial charge in [-0.3, -0.25) is 10.1 Å². The van der Waals surface area contributed by atoms with Crippen LogP contribution in [0.1, 0.15) is 16.7 Å². The summed E-state index contributed by atoms with van der Waals surface area (Å²) in [6, 6.07) is 17.3. The first-order valence-corrected chi connectivity index (χ1v) is 9.82. The molecule has 0 amide bonds. The van der Waals surface area contributed by atoms with Gasteiger partial charge in [-0.25, -0.2) is 4.39 Å². The van der Waals surface area contributed by atoms with Crippen LogP contribution in [0.4, 0.5) is 10.1 Å². The number of nitrogens with zero attached hydrogens (tertiary/aromatic N) is 2. The summed E-state index contributed by atoms with van der Waals surface area (Å²) in [6.45, 7) is 0.110. The highest BCUT2D eigenvalue weighted by molar-refractivity contribution is 9.10. The molecular weight excluding hydrogens is 467 g/mol. The predicted molar refractivity (Wildman–Crippen MR) is 118 cm³/mol. The number of non-ortho nitro benzene ring substituents is 1. The molecule has 0 bridgehead atoms. The summed E-state index contributed by atoms with van der Waals surface area (Å²) in [4.78, 5) is 10.5. The Kier molecular flexibility index (Phi) is 7.00. The molecule has 0 aromatic heterocycles. The topological polar surface area (TPSA) is 85.4 Å². The molecule has 0 radical (unpaired) electrons. The average molecular weight is 483 g/mol. The van der Waals surface area contributed by atoms with E-state index in [4.69, 9.17) is 9.47 Å². The van der Waals surface area contributed by atoms with Crippen molar-refractivity contribution in [3.05, 3.63) is 97.8 Å². The maximum absolute atomic E-state index is 13.2. The maximum atomic E-state index is 13.2. The van der Waals surface area contributed by atoms with Gasteiger partial charge in [0.15, 0.2) is 11.5 Å². The number of nitro groups is 1. The molecule has 0 saturated heterocycles. The highest BCUT2D eigenvalue weighted by Crippen LogP contribution is 2.36. The third kappa shape index (κ3) is 5.47. The first-order chi connectivity index (χ1) is 14.9. The molecule has 0 aliphatic heterocycles. The zero-order valence-corrected chi connectivity index (χ0v) is 17.9. The van der Waals surface area contributed by atoms with Gasteiger partial charge in [0.2, 0.25) is 0 Å². The van der Waals surface area contributed by atoms with E-state index in [9.17, 15) is 19.8 Å². The smallest absolute Gasteiger partial charge is 0.269 e. The van der Waals surface area contributed by atoms with Crippen LogP contribution in [0.15, 0.2) is 65.1 Å². The van der Waals surface area contributed by atoms with Crippen molar-refractivity contribution in [2.24, 2.45) is 0 Å². The molecule has 0 aliphatic carbocycles. The van der Waals surface area contributed by atoms with E-state index in [1.807, 2.05) is 0 Å². The fraction of sp³-hybridized carbons (Fsp3) is 0.0870. The summed E-state index contributed by atoms with van der Waals surface area (Å²) in [6.07, 6.45) is 1.66. The Bertz CT molecular complexity index is 1190.